The molecule has 0 saturated carbocycles. The summed E-state index contributed by atoms with van der Waals surface area (Å²) in [6.45, 7) is 24.6. The predicted octanol–water partition coefficient (Wildman–Crippen LogP) is 4.67. The zero-order valence-electron chi connectivity index (χ0n) is 16.5. The third-order valence-corrected chi connectivity index (χ3v) is 17.3. The Hall–Kier alpha value is -0.812. The quantitative estimate of drug-likeness (QED) is 0.526. The standard InChI is InChI=1S/C18H32O3Si4/c1-10-22(4,5)19-25(20-23(6,7)11-2,21-24(8,9)12-3)18-16-14-13-15-17-18/h10-17H,1-3H2,4-9H3. The Kier molecular flexibility index (Phi) is 7.34. The van der Waals surface area contributed by atoms with Gasteiger partial charge in [0.25, 0.3) is 0 Å². The maximum Gasteiger partial charge on any atom is 0.506 e. The number of hydrogen-bond donors (Lipinski definition) is 0. The average Bonchev–Trinajstić information content (AvgIpc) is 2.54. The molecule has 0 aliphatic carbocycles. The molecule has 0 N–H and O–H groups in total. The molecule has 0 saturated heterocycles. The molecule has 1 aromatic rings. The molecule has 1 aromatic carbocycles. The van der Waals surface area contributed by atoms with E-state index in [-0.39, 0.29) is 0 Å². The van der Waals surface area contributed by atoms with Gasteiger partial charge in [-0.05, 0) is 39.3 Å². The maximum atomic E-state index is 6.73. The second-order valence-corrected chi connectivity index (χ2v) is 22.6. The first-order chi connectivity index (χ1) is 11.4. The van der Waals surface area contributed by atoms with E-state index in [4.69, 9.17) is 12.3 Å². The van der Waals surface area contributed by atoms with Gasteiger partial charge in [0.15, 0.2) is 0 Å². The van der Waals surface area contributed by atoms with Gasteiger partial charge in [0.2, 0.25) is 25.0 Å². The smallest absolute Gasteiger partial charge is 0.409 e. The summed E-state index contributed by atoms with van der Waals surface area (Å²) in [6.07, 6.45) is 0. The van der Waals surface area contributed by atoms with Crippen LogP contribution in [0.4, 0.5) is 0 Å². The molecular formula is C18H32O3Si4. The van der Waals surface area contributed by atoms with Crippen molar-refractivity contribution in [3.05, 3.63) is 67.2 Å². The van der Waals surface area contributed by atoms with Gasteiger partial charge in [-0.1, -0.05) is 47.4 Å². The SMILES string of the molecule is C=C[Si](C)(C)O[Si](O[Si](C)(C)C=C)(O[Si](C)(C)C=C)c1ccccc1. The highest BCUT2D eigenvalue weighted by Crippen LogP contribution is 2.26. The minimum atomic E-state index is -3.17. The molecule has 0 heterocycles. The molecule has 7 heteroatoms. The maximum absolute atomic E-state index is 6.73. The van der Waals surface area contributed by atoms with Crippen LogP contribution in [-0.2, 0) is 12.3 Å². The monoisotopic (exact) mass is 408 g/mol. The molecule has 0 spiro atoms. The molecule has 0 radical (unpaired) electrons. The minimum absolute atomic E-state index is 0.988. The van der Waals surface area contributed by atoms with Gasteiger partial charge >= 0.3 is 8.80 Å². The fourth-order valence-corrected chi connectivity index (χ4v) is 15.0. The Labute approximate surface area is 157 Å². The topological polar surface area (TPSA) is 27.7 Å². The second kappa shape index (κ2) is 8.25. The molecule has 0 aliphatic heterocycles. The molecule has 3 nitrogen and oxygen atoms in total. The number of benzene rings is 1. The number of rotatable bonds is 10. The Morgan fingerprint density at radius 1 is 0.640 bits per heavy atom. The minimum Gasteiger partial charge on any atom is -0.409 e. The Bertz CT molecular complexity index is 557. The first-order valence-electron chi connectivity index (χ1n) is 8.48. The molecule has 0 fully saturated rings. The van der Waals surface area contributed by atoms with Crippen molar-refractivity contribution in [2.24, 2.45) is 0 Å². The lowest BCUT2D eigenvalue weighted by molar-refractivity contribution is 0.277. The van der Waals surface area contributed by atoms with Crippen LogP contribution in [0, 0.1) is 0 Å². The second-order valence-electron chi connectivity index (χ2n) is 7.65. The lowest BCUT2D eigenvalue weighted by Gasteiger charge is -2.43. The largest absolute Gasteiger partial charge is 0.506 e. The summed E-state index contributed by atoms with van der Waals surface area (Å²) in [6, 6.07) is 10.1. The fourth-order valence-electron chi connectivity index (χ4n) is 2.05. The van der Waals surface area contributed by atoms with Crippen molar-refractivity contribution < 1.29 is 12.3 Å². The van der Waals surface area contributed by atoms with E-state index in [1.165, 1.54) is 0 Å². The molecule has 0 atom stereocenters. The summed E-state index contributed by atoms with van der Waals surface area (Å²) in [5, 5.41) is 0.988. The lowest BCUT2D eigenvalue weighted by atomic mass is 10.4. The highest BCUT2D eigenvalue weighted by molar-refractivity contribution is 6.98. The first-order valence-corrected chi connectivity index (χ1v) is 19.2. The Balaban J connectivity index is 3.58. The van der Waals surface area contributed by atoms with E-state index in [1.807, 2.05) is 47.4 Å². The van der Waals surface area contributed by atoms with Gasteiger partial charge in [-0.15, -0.1) is 19.7 Å². The van der Waals surface area contributed by atoms with Crippen molar-refractivity contribution in [1.29, 1.82) is 0 Å². The van der Waals surface area contributed by atoms with Gasteiger partial charge < -0.3 is 12.3 Å². The van der Waals surface area contributed by atoms with E-state index >= 15 is 0 Å². The predicted molar refractivity (Wildman–Crippen MR) is 118 cm³/mol. The van der Waals surface area contributed by atoms with Gasteiger partial charge in [-0.3, -0.25) is 0 Å². The number of hydrogen-bond acceptors (Lipinski definition) is 3. The summed E-state index contributed by atoms with van der Waals surface area (Å²) in [5.74, 6) is 0. The van der Waals surface area contributed by atoms with Gasteiger partial charge in [-0.2, -0.15) is 0 Å². The summed E-state index contributed by atoms with van der Waals surface area (Å²) in [4.78, 5) is 0. The highest BCUT2D eigenvalue weighted by atomic mass is 28.5. The van der Waals surface area contributed by atoms with Crippen LogP contribution in [0.5, 0.6) is 0 Å². The van der Waals surface area contributed by atoms with Crippen LogP contribution in [0.1, 0.15) is 0 Å². The van der Waals surface area contributed by atoms with Crippen molar-refractivity contribution in [3.8, 4) is 0 Å². The van der Waals surface area contributed by atoms with Crippen molar-refractivity contribution in [2.75, 3.05) is 0 Å². The summed E-state index contributed by atoms with van der Waals surface area (Å²) in [7, 11) is -9.68. The van der Waals surface area contributed by atoms with Crippen LogP contribution in [0.3, 0.4) is 0 Å². The lowest BCUT2D eigenvalue weighted by Crippen LogP contribution is -2.67. The molecule has 0 unspecified atom stereocenters. The van der Waals surface area contributed by atoms with Crippen LogP contribution in [0.25, 0.3) is 0 Å². The molecule has 138 valence electrons. The molecule has 0 aliphatic rings. The summed E-state index contributed by atoms with van der Waals surface area (Å²) >= 11 is 0. The summed E-state index contributed by atoms with van der Waals surface area (Å²) in [5.41, 5.74) is 5.78. The van der Waals surface area contributed by atoms with Crippen LogP contribution in [0.2, 0.25) is 39.3 Å². The van der Waals surface area contributed by atoms with E-state index in [0.29, 0.717) is 0 Å². The third-order valence-electron chi connectivity index (χ3n) is 3.79. The van der Waals surface area contributed by atoms with Crippen LogP contribution in [-0.4, -0.2) is 33.8 Å². The van der Waals surface area contributed by atoms with Crippen molar-refractivity contribution in [1.82, 2.24) is 0 Å². The zero-order valence-corrected chi connectivity index (χ0v) is 20.5. The molecule has 0 amide bonds. The van der Waals surface area contributed by atoms with E-state index in [1.54, 1.807) is 0 Å². The van der Waals surface area contributed by atoms with E-state index < -0.39 is 33.8 Å². The van der Waals surface area contributed by atoms with Gasteiger partial charge in [0.05, 0.1) is 0 Å². The van der Waals surface area contributed by atoms with Crippen molar-refractivity contribution in [2.45, 2.75) is 39.3 Å². The zero-order chi connectivity index (χ0) is 19.4. The molecule has 25 heavy (non-hydrogen) atoms. The van der Waals surface area contributed by atoms with Gasteiger partial charge in [0.1, 0.15) is 0 Å². The molecule has 0 bridgehead atoms. The van der Waals surface area contributed by atoms with Crippen LogP contribution >= 0.6 is 0 Å². The van der Waals surface area contributed by atoms with E-state index in [9.17, 15) is 0 Å². The highest BCUT2D eigenvalue weighted by Gasteiger charge is 2.53. The molecular weight excluding hydrogens is 377 g/mol. The van der Waals surface area contributed by atoms with Crippen molar-refractivity contribution >= 4 is 38.9 Å². The average molecular weight is 409 g/mol. The van der Waals surface area contributed by atoms with E-state index in [2.05, 4.69) is 59.0 Å². The molecule has 0 aromatic heterocycles. The third kappa shape index (κ3) is 6.45. The van der Waals surface area contributed by atoms with Crippen molar-refractivity contribution in [3.63, 3.8) is 0 Å². The van der Waals surface area contributed by atoms with Gasteiger partial charge in [-0.25, -0.2) is 0 Å². The molecule has 1 rings (SSSR count). The summed E-state index contributed by atoms with van der Waals surface area (Å²) < 4.78 is 20.2. The normalized spacial score (nSPS) is 13.4. The first kappa shape index (κ1) is 22.2. The Morgan fingerprint density at radius 2 is 0.960 bits per heavy atom. The van der Waals surface area contributed by atoms with Crippen LogP contribution < -0.4 is 5.19 Å². The van der Waals surface area contributed by atoms with E-state index in [0.717, 1.165) is 5.19 Å². The Morgan fingerprint density at radius 3 is 1.24 bits per heavy atom. The fraction of sp³-hybridized carbons (Fsp3) is 0.333. The van der Waals surface area contributed by atoms with Crippen LogP contribution in [0.15, 0.2) is 67.2 Å². The van der Waals surface area contributed by atoms with Gasteiger partial charge in [0, 0.05) is 5.19 Å².